The molecule has 26 heavy (non-hydrogen) atoms. The Morgan fingerprint density at radius 3 is 2.46 bits per heavy atom. The molecule has 0 heterocycles. The Morgan fingerprint density at radius 1 is 1.15 bits per heavy atom. The van der Waals surface area contributed by atoms with Crippen molar-refractivity contribution in [3.63, 3.8) is 0 Å². The fourth-order valence-corrected chi connectivity index (χ4v) is 3.48. The van der Waals surface area contributed by atoms with Gasteiger partial charge in [0.05, 0.1) is 10.9 Å². The lowest BCUT2D eigenvalue weighted by Crippen LogP contribution is -2.31. The molecule has 140 valence electrons. The highest BCUT2D eigenvalue weighted by atomic mass is 32.2. The first-order chi connectivity index (χ1) is 12.1. The van der Waals surface area contributed by atoms with Gasteiger partial charge >= 0.3 is 0 Å². The maximum Gasteiger partial charge on any atom is 0.242 e. The fourth-order valence-electron chi connectivity index (χ4n) is 2.24. The van der Waals surface area contributed by atoms with Crippen molar-refractivity contribution in [2.75, 3.05) is 19.4 Å². The number of rotatable bonds is 5. The lowest BCUT2D eigenvalue weighted by atomic mass is 10.1. The van der Waals surface area contributed by atoms with Crippen LogP contribution in [-0.4, -0.2) is 31.9 Å². The third-order valence-electron chi connectivity index (χ3n) is 3.65. The Balaban J connectivity index is 2.11. The van der Waals surface area contributed by atoms with Gasteiger partial charge in [0.2, 0.25) is 10.0 Å². The molecule has 0 amide bonds. The first-order valence-corrected chi connectivity index (χ1v) is 9.51. The smallest absolute Gasteiger partial charge is 0.242 e. The summed E-state index contributed by atoms with van der Waals surface area (Å²) in [6.45, 7) is 1.68. The molecule has 2 aromatic rings. The van der Waals surface area contributed by atoms with Gasteiger partial charge in [0.1, 0.15) is 11.6 Å². The molecule has 1 atom stereocenters. The van der Waals surface area contributed by atoms with Crippen molar-refractivity contribution in [2.45, 2.75) is 17.9 Å². The molecule has 0 saturated carbocycles. The summed E-state index contributed by atoms with van der Waals surface area (Å²) < 4.78 is 52.3. The number of thiocarbonyl (C=S) groups is 1. The van der Waals surface area contributed by atoms with Gasteiger partial charge in [-0.05, 0) is 43.4 Å². The second kappa shape index (κ2) is 8.07. The van der Waals surface area contributed by atoms with Crippen LogP contribution in [0.4, 0.5) is 14.5 Å². The van der Waals surface area contributed by atoms with E-state index in [2.05, 4.69) is 10.6 Å². The van der Waals surface area contributed by atoms with Gasteiger partial charge in [0.15, 0.2) is 5.11 Å². The molecule has 0 spiro atoms. The first kappa shape index (κ1) is 20.2. The number of sulfonamides is 1. The zero-order valence-corrected chi connectivity index (χ0v) is 16.1. The molecule has 0 aromatic heterocycles. The van der Waals surface area contributed by atoms with Gasteiger partial charge in [-0.15, -0.1) is 0 Å². The molecule has 0 aliphatic heterocycles. The largest absolute Gasteiger partial charge is 0.356 e. The van der Waals surface area contributed by atoms with E-state index >= 15 is 0 Å². The van der Waals surface area contributed by atoms with Crippen LogP contribution in [0.1, 0.15) is 18.5 Å². The Morgan fingerprint density at radius 2 is 1.85 bits per heavy atom. The Hall–Kier alpha value is -2.10. The average Bonchev–Trinajstić information content (AvgIpc) is 2.54. The fraction of sp³-hybridized carbons (Fsp3) is 0.235. The van der Waals surface area contributed by atoms with Gasteiger partial charge in [-0.25, -0.2) is 21.5 Å². The zero-order valence-electron chi connectivity index (χ0n) is 14.5. The molecule has 0 unspecified atom stereocenters. The lowest BCUT2D eigenvalue weighted by Gasteiger charge is -2.18. The monoisotopic (exact) mass is 399 g/mol. The Bertz CT molecular complexity index is 918. The normalized spacial score (nSPS) is 12.7. The average molecular weight is 399 g/mol. The number of hydrogen-bond donors (Lipinski definition) is 2. The summed E-state index contributed by atoms with van der Waals surface area (Å²) in [6.07, 6.45) is 0. The number of hydrogen-bond acceptors (Lipinski definition) is 3. The predicted octanol–water partition coefficient (Wildman–Crippen LogP) is 3.26. The van der Waals surface area contributed by atoms with E-state index in [1.165, 1.54) is 38.4 Å². The van der Waals surface area contributed by atoms with E-state index in [1.807, 2.05) is 0 Å². The van der Waals surface area contributed by atoms with Gasteiger partial charge in [0, 0.05) is 31.4 Å². The van der Waals surface area contributed by atoms with E-state index in [9.17, 15) is 17.2 Å². The molecule has 9 heteroatoms. The van der Waals surface area contributed by atoms with Crippen LogP contribution < -0.4 is 10.6 Å². The van der Waals surface area contributed by atoms with Crippen molar-refractivity contribution in [1.82, 2.24) is 9.62 Å². The van der Waals surface area contributed by atoms with Crippen molar-refractivity contribution in [1.29, 1.82) is 0 Å². The van der Waals surface area contributed by atoms with Gasteiger partial charge in [-0.1, -0.05) is 12.1 Å². The molecule has 0 aliphatic carbocycles. The number of benzene rings is 2. The molecule has 0 fully saturated rings. The van der Waals surface area contributed by atoms with Crippen molar-refractivity contribution in [3.05, 3.63) is 59.7 Å². The SMILES string of the molecule is C[C@H](NC(=S)Nc1cccc(S(=O)(=O)N(C)C)c1)c1ccc(F)cc1F. The number of nitrogens with one attached hydrogen (secondary N) is 2. The second-order valence-electron chi connectivity index (χ2n) is 5.80. The summed E-state index contributed by atoms with van der Waals surface area (Å²) in [5, 5.41) is 5.93. The van der Waals surface area contributed by atoms with Gasteiger partial charge in [-0.3, -0.25) is 0 Å². The molecule has 2 aromatic carbocycles. The summed E-state index contributed by atoms with van der Waals surface area (Å²) in [5.41, 5.74) is 0.733. The Kier molecular flexibility index (Phi) is 6.27. The van der Waals surface area contributed by atoms with Crippen LogP contribution in [0, 0.1) is 11.6 Å². The second-order valence-corrected chi connectivity index (χ2v) is 8.36. The third kappa shape index (κ3) is 4.75. The van der Waals surface area contributed by atoms with Crippen molar-refractivity contribution >= 4 is 33.0 Å². The van der Waals surface area contributed by atoms with Crippen LogP contribution in [0.5, 0.6) is 0 Å². The van der Waals surface area contributed by atoms with E-state index in [0.717, 1.165) is 10.4 Å². The molecular formula is C17H19F2N3O2S2. The quantitative estimate of drug-likeness (QED) is 0.756. The van der Waals surface area contributed by atoms with Crippen molar-refractivity contribution < 1.29 is 17.2 Å². The van der Waals surface area contributed by atoms with E-state index < -0.39 is 27.7 Å². The van der Waals surface area contributed by atoms with E-state index in [-0.39, 0.29) is 15.6 Å². The molecule has 0 bridgehead atoms. The molecule has 0 saturated heterocycles. The minimum absolute atomic E-state index is 0.118. The summed E-state index contributed by atoms with van der Waals surface area (Å²) in [6, 6.07) is 8.98. The van der Waals surface area contributed by atoms with Crippen LogP contribution in [0.3, 0.4) is 0 Å². The molecular weight excluding hydrogens is 380 g/mol. The molecule has 2 N–H and O–H groups in total. The molecule has 0 radical (unpaired) electrons. The van der Waals surface area contributed by atoms with Crippen LogP contribution in [-0.2, 0) is 10.0 Å². The minimum atomic E-state index is -3.57. The van der Waals surface area contributed by atoms with Crippen LogP contribution in [0.2, 0.25) is 0 Å². The topological polar surface area (TPSA) is 61.4 Å². The van der Waals surface area contributed by atoms with Gasteiger partial charge in [0.25, 0.3) is 0 Å². The van der Waals surface area contributed by atoms with Crippen LogP contribution in [0.25, 0.3) is 0 Å². The number of anilines is 1. The highest BCUT2D eigenvalue weighted by molar-refractivity contribution is 7.89. The van der Waals surface area contributed by atoms with E-state index in [4.69, 9.17) is 12.2 Å². The predicted molar refractivity (Wildman–Crippen MR) is 101 cm³/mol. The highest BCUT2D eigenvalue weighted by Gasteiger charge is 2.18. The number of halogens is 2. The summed E-state index contributed by atoms with van der Waals surface area (Å²) in [4.78, 5) is 0.118. The molecule has 0 aliphatic rings. The summed E-state index contributed by atoms with van der Waals surface area (Å²) in [5.74, 6) is -1.33. The standard InChI is InChI=1S/C17H19F2N3O2S2/c1-11(15-8-7-12(18)9-16(15)19)20-17(25)21-13-5-4-6-14(10-13)26(23,24)22(2)3/h4-11H,1-3H3,(H2,20,21,25)/t11-/m0/s1. The van der Waals surface area contributed by atoms with E-state index in [1.54, 1.807) is 19.1 Å². The Labute approximate surface area is 157 Å². The highest BCUT2D eigenvalue weighted by Crippen LogP contribution is 2.20. The number of nitrogens with zero attached hydrogens (tertiary/aromatic N) is 1. The van der Waals surface area contributed by atoms with Gasteiger partial charge < -0.3 is 10.6 Å². The lowest BCUT2D eigenvalue weighted by molar-refractivity contribution is 0.521. The zero-order chi connectivity index (χ0) is 19.5. The summed E-state index contributed by atoms with van der Waals surface area (Å²) in [7, 11) is -0.676. The van der Waals surface area contributed by atoms with Crippen LogP contribution in [0.15, 0.2) is 47.4 Å². The molecule has 5 nitrogen and oxygen atoms in total. The maximum atomic E-state index is 13.8. The maximum absolute atomic E-state index is 13.8. The third-order valence-corrected chi connectivity index (χ3v) is 5.68. The van der Waals surface area contributed by atoms with Crippen molar-refractivity contribution in [3.8, 4) is 0 Å². The first-order valence-electron chi connectivity index (χ1n) is 7.66. The summed E-state index contributed by atoms with van der Waals surface area (Å²) >= 11 is 5.19. The van der Waals surface area contributed by atoms with Crippen molar-refractivity contribution in [2.24, 2.45) is 0 Å². The van der Waals surface area contributed by atoms with Crippen LogP contribution >= 0.6 is 12.2 Å². The minimum Gasteiger partial charge on any atom is -0.356 e. The molecule has 2 rings (SSSR count). The van der Waals surface area contributed by atoms with Gasteiger partial charge in [-0.2, -0.15) is 0 Å². The van der Waals surface area contributed by atoms with E-state index in [0.29, 0.717) is 5.69 Å².